The molecule has 0 bridgehead atoms. The van der Waals surface area contributed by atoms with Gasteiger partial charge in [0.05, 0.1) is 12.3 Å². The molecule has 0 spiro atoms. The van der Waals surface area contributed by atoms with Gasteiger partial charge in [0.2, 0.25) is 0 Å². The van der Waals surface area contributed by atoms with Crippen LogP contribution in [0.4, 0.5) is 0 Å². The number of carbonyl (C=O) groups excluding carboxylic acids is 1. The third-order valence-corrected chi connectivity index (χ3v) is 2.21. The van der Waals surface area contributed by atoms with Crippen LogP contribution in [-0.4, -0.2) is 22.2 Å². The first-order valence-corrected chi connectivity index (χ1v) is 4.79. The Morgan fingerprint density at radius 2 is 2.50 bits per heavy atom. The van der Waals surface area contributed by atoms with Gasteiger partial charge in [-0.25, -0.2) is 4.79 Å². The molecule has 0 amide bonds. The first kappa shape index (κ1) is 9.47. The quantitative estimate of drug-likeness (QED) is 0.592. The zero-order valence-electron chi connectivity index (χ0n) is 6.48. The summed E-state index contributed by atoms with van der Waals surface area (Å²) in [6, 6.07) is 0. The lowest BCUT2D eigenvalue weighted by molar-refractivity contribution is 0.0531. The minimum absolute atomic E-state index is 0.364. The molecule has 0 radical (unpaired) electrons. The number of rotatable bonds is 3. The normalized spacial score (nSPS) is 9.83. The highest BCUT2D eigenvalue weighted by Crippen LogP contribution is 2.13. The Kier molecular flexibility index (Phi) is 3.48. The van der Waals surface area contributed by atoms with Crippen LogP contribution >= 0.6 is 24.2 Å². The second-order valence-electron chi connectivity index (χ2n) is 1.93. The summed E-state index contributed by atoms with van der Waals surface area (Å²) < 4.78 is 8.42. The van der Waals surface area contributed by atoms with Gasteiger partial charge in [-0.1, -0.05) is 4.49 Å². The predicted molar refractivity (Wildman–Crippen MR) is 48.6 cm³/mol. The van der Waals surface area contributed by atoms with Gasteiger partial charge in [-0.15, -0.1) is 5.10 Å². The number of nitrogens with zero attached hydrogens (tertiary/aromatic N) is 2. The van der Waals surface area contributed by atoms with Crippen LogP contribution in [0.3, 0.4) is 0 Å². The third-order valence-electron chi connectivity index (χ3n) is 1.17. The lowest BCUT2D eigenvalue weighted by Crippen LogP contribution is -2.04. The minimum Gasteiger partial charge on any atom is -0.462 e. The predicted octanol–water partition coefficient (Wildman–Crippen LogP) is 1.14. The van der Waals surface area contributed by atoms with Crippen LogP contribution in [0, 0.1) is 0 Å². The van der Waals surface area contributed by atoms with E-state index in [1.807, 2.05) is 0 Å². The van der Waals surface area contributed by atoms with Crippen LogP contribution in [0.5, 0.6) is 0 Å². The highest BCUT2D eigenvalue weighted by molar-refractivity contribution is 7.79. The van der Waals surface area contributed by atoms with Crippen molar-refractivity contribution in [3.8, 4) is 0 Å². The van der Waals surface area contributed by atoms with E-state index in [2.05, 4.69) is 22.2 Å². The Morgan fingerprint density at radius 3 is 3.08 bits per heavy atom. The van der Waals surface area contributed by atoms with Crippen molar-refractivity contribution in [1.29, 1.82) is 0 Å². The van der Waals surface area contributed by atoms with Crippen molar-refractivity contribution in [3.63, 3.8) is 0 Å². The standard InChI is InChI=1S/C6H8N2O2S2/c1-2-10-6(9)5-4(3-11)7-8-12-5/h11H,2-3H2,1H3. The van der Waals surface area contributed by atoms with Crippen LogP contribution in [0.15, 0.2) is 0 Å². The van der Waals surface area contributed by atoms with Crippen molar-refractivity contribution in [2.24, 2.45) is 0 Å². The summed E-state index contributed by atoms with van der Waals surface area (Å²) in [7, 11) is 0. The molecule has 0 unspecified atom stereocenters. The fraction of sp³-hybridized carbons (Fsp3) is 0.500. The average Bonchev–Trinajstić information content (AvgIpc) is 2.51. The van der Waals surface area contributed by atoms with Gasteiger partial charge >= 0.3 is 5.97 Å². The lowest BCUT2D eigenvalue weighted by Gasteiger charge is -1.97. The number of ether oxygens (including phenoxy) is 1. The maximum atomic E-state index is 11.2. The molecule has 1 heterocycles. The van der Waals surface area contributed by atoms with Gasteiger partial charge in [-0.05, 0) is 18.5 Å². The second kappa shape index (κ2) is 4.42. The number of carbonyl (C=O) groups is 1. The van der Waals surface area contributed by atoms with Crippen molar-refractivity contribution in [2.45, 2.75) is 12.7 Å². The number of hydrogen-bond donors (Lipinski definition) is 1. The molecule has 0 saturated heterocycles. The molecular weight excluding hydrogens is 196 g/mol. The first-order valence-electron chi connectivity index (χ1n) is 3.38. The van der Waals surface area contributed by atoms with E-state index in [4.69, 9.17) is 4.74 Å². The highest BCUT2D eigenvalue weighted by Gasteiger charge is 2.15. The molecule has 1 aromatic heterocycles. The topological polar surface area (TPSA) is 52.1 Å². The zero-order chi connectivity index (χ0) is 8.97. The van der Waals surface area contributed by atoms with Gasteiger partial charge in [0.25, 0.3) is 0 Å². The molecule has 1 aromatic rings. The Hall–Kier alpha value is -0.620. The molecule has 0 aliphatic carbocycles. The van der Waals surface area contributed by atoms with Gasteiger partial charge in [-0.3, -0.25) is 0 Å². The Balaban J connectivity index is 2.79. The number of thiol groups is 1. The molecule has 1 rings (SSSR count). The number of esters is 1. The third kappa shape index (κ3) is 1.95. The summed E-state index contributed by atoms with van der Waals surface area (Å²) in [5.41, 5.74) is 0.585. The molecule has 0 N–H and O–H groups in total. The van der Waals surface area contributed by atoms with E-state index in [9.17, 15) is 4.79 Å². The SMILES string of the molecule is CCOC(=O)c1snnc1CS. The van der Waals surface area contributed by atoms with Gasteiger partial charge in [0.15, 0.2) is 4.88 Å². The van der Waals surface area contributed by atoms with E-state index < -0.39 is 0 Å². The maximum Gasteiger partial charge on any atom is 0.351 e. The first-order chi connectivity index (χ1) is 5.79. The average molecular weight is 204 g/mol. The summed E-state index contributed by atoms with van der Waals surface area (Å²) in [5, 5.41) is 3.73. The van der Waals surface area contributed by atoms with Crippen LogP contribution in [0.25, 0.3) is 0 Å². The zero-order valence-corrected chi connectivity index (χ0v) is 8.19. The molecule has 0 aliphatic heterocycles. The smallest absolute Gasteiger partial charge is 0.351 e. The molecule has 0 aliphatic rings. The summed E-state index contributed by atoms with van der Waals surface area (Å²) in [4.78, 5) is 11.6. The van der Waals surface area contributed by atoms with Crippen molar-refractivity contribution < 1.29 is 9.53 Å². The van der Waals surface area contributed by atoms with Gasteiger partial charge in [0.1, 0.15) is 0 Å². The van der Waals surface area contributed by atoms with E-state index in [0.717, 1.165) is 11.5 Å². The van der Waals surface area contributed by atoms with Gasteiger partial charge in [-0.2, -0.15) is 12.6 Å². The van der Waals surface area contributed by atoms with E-state index in [-0.39, 0.29) is 5.97 Å². The van der Waals surface area contributed by atoms with E-state index in [1.165, 1.54) is 0 Å². The molecule has 0 atom stereocenters. The molecule has 0 aromatic carbocycles. The molecule has 12 heavy (non-hydrogen) atoms. The fourth-order valence-electron chi connectivity index (χ4n) is 0.664. The maximum absolute atomic E-state index is 11.2. The van der Waals surface area contributed by atoms with E-state index >= 15 is 0 Å². The van der Waals surface area contributed by atoms with E-state index in [0.29, 0.717) is 22.9 Å². The lowest BCUT2D eigenvalue weighted by atomic mass is 10.4. The minimum atomic E-state index is -0.364. The molecule has 6 heteroatoms. The number of aromatic nitrogens is 2. The molecule has 4 nitrogen and oxygen atoms in total. The second-order valence-corrected chi connectivity index (χ2v) is 3.00. The Morgan fingerprint density at radius 1 is 1.75 bits per heavy atom. The molecule has 0 saturated carbocycles. The summed E-state index contributed by atoms with van der Waals surface area (Å²) in [5.74, 6) is 0.0431. The fourth-order valence-corrected chi connectivity index (χ4v) is 1.56. The highest BCUT2D eigenvalue weighted by atomic mass is 32.1. The summed E-state index contributed by atoms with van der Waals surface area (Å²) in [6.45, 7) is 2.12. The van der Waals surface area contributed by atoms with Crippen molar-refractivity contribution in [3.05, 3.63) is 10.6 Å². The van der Waals surface area contributed by atoms with Crippen molar-refractivity contribution >= 4 is 30.1 Å². The largest absolute Gasteiger partial charge is 0.462 e. The molecule has 66 valence electrons. The Bertz CT molecular complexity index is 274. The number of hydrogen-bond acceptors (Lipinski definition) is 6. The van der Waals surface area contributed by atoms with Crippen molar-refractivity contribution in [2.75, 3.05) is 6.61 Å². The van der Waals surface area contributed by atoms with Crippen molar-refractivity contribution in [1.82, 2.24) is 9.59 Å². The summed E-state index contributed by atoms with van der Waals surface area (Å²) in [6.07, 6.45) is 0. The Labute approximate surface area is 79.5 Å². The van der Waals surface area contributed by atoms with Crippen LogP contribution in [-0.2, 0) is 10.5 Å². The summed E-state index contributed by atoms with van der Waals surface area (Å²) >= 11 is 5.04. The molecular formula is C6H8N2O2S2. The monoisotopic (exact) mass is 204 g/mol. The van der Waals surface area contributed by atoms with Crippen LogP contribution in [0.2, 0.25) is 0 Å². The van der Waals surface area contributed by atoms with Gasteiger partial charge in [0, 0.05) is 5.75 Å². The van der Waals surface area contributed by atoms with Gasteiger partial charge < -0.3 is 4.74 Å². The van der Waals surface area contributed by atoms with Crippen LogP contribution in [0.1, 0.15) is 22.3 Å². The van der Waals surface area contributed by atoms with Crippen LogP contribution < -0.4 is 0 Å². The van der Waals surface area contributed by atoms with E-state index in [1.54, 1.807) is 6.92 Å². The molecule has 0 fully saturated rings.